The molecule has 16 heavy (non-hydrogen) atoms. The van der Waals surface area contributed by atoms with Gasteiger partial charge in [0.2, 0.25) is 0 Å². The van der Waals surface area contributed by atoms with E-state index in [1.807, 2.05) is 20.8 Å². The molecule has 2 N–H and O–H groups in total. The largest absolute Gasteiger partial charge is 0.444 e. The van der Waals surface area contributed by atoms with Crippen LogP contribution in [0.1, 0.15) is 53.9 Å². The number of amides is 1. The average Bonchev–Trinajstić information content (AvgIpc) is 2.10. The maximum Gasteiger partial charge on any atom is 0.407 e. The van der Waals surface area contributed by atoms with Crippen molar-refractivity contribution >= 4 is 6.09 Å². The minimum Gasteiger partial charge on any atom is -0.444 e. The zero-order valence-electron chi connectivity index (χ0n) is 11.0. The number of hydrogen-bond acceptors (Lipinski definition) is 3. The van der Waals surface area contributed by atoms with Gasteiger partial charge in [0.1, 0.15) is 5.60 Å². The van der Waals surface area contributed by atoms with Crippen molar-refractivity contribution in [3.05, 3.63) is 0 Å². The zero-order valence-corrected chi connectivity index (χ0v) is 11.0. The molecule has 4 nitrogen and oxygen atoms in total. The predicted molar refractivity (Wildman–Crippen MR) is 64.4 cm³/mol. The zero-order chi connectivity index (χ0) is 12.8. The fourth-order valence-electron chi connectivity index (χ4n) is 1.25. The average molecular weight is 231 g/mol. The van der Waals surface area contributed by atoms with Gasteiger partial charge in [0.25, 0.3) is 0 Å². The Morgan fingerprint density at radius 3 is 2.44 bits per heavy atom. The van der Waals surface area contributed by atoms with Crippen molar-refractivity contribution in [3.8, 4) is 0 Å². The van der Waals surface area contributed by atoms with Gasteiger partial charge in [-0.25, -0.2) is 4.79 Å². The van der Waals surface area contributed by atoms with Gasteiger partial charge >= 0.3 is 6.09 Å². The maximum atomic E-state index is 11.4. The van der Waals surface area contributed by atoms with Crippen LogP contribution in [0.2, 0.25) is 0 Å². The van der Waals surface area contributed by atoms with Crippen LogP contribution in [0.3, 0.4) is 0 Å². The van der Waals surface area contributed by atoms with Crippen molar-refractivity contribution in [3.63, 3.8) is 0 Å². The highest BCUT2D eigenvalue weighted by atomic mass is 16.6. The van der Waals surface area contributed by atoms with E-state index in [2.05, 4.69) is 12.2 Å². The maximum absolute atomic E-state index is 11.4. The quantitative estimate of drug-likeness (QED) is 0.764. The SMILES string of the molecule is CCCCC(O)C(C)NC(=O)OC(C)(C)C. The summed E-state index contributed by atoms with van der Waals surface area (Å²) in [5.41, 5.74) is -0.502. The van der Waals surface area contributed by atoms with Gasteiger partial charge in [-0.2, -0.15) is 0 Å². The van der Waals surface area contributed by atoms with E-state index in [-0.39, 0.29) is 6.04 Å². The molecule has 0 bridgehead atoms. The Labute approximate surface area is 98.4 Å². The third-order valence-electron chi connectivity index (χ3n) is 2.18. The summed E-state index contributed by atoms with van der Waals surface area (Å²) in [5.74, 6) is 0. The molecule has 96 valence electrons. The Hall–Kier alpha value is -0.770. The van der Waals surface area contributed by atoms with E-state index in [9.17, 15) is 9.90 Å². The Balaban J connectivity index is 3.94. The summed E-state index contributed by atoms with van der Waals surface area (Å²) in [6.07, 6.45) is 1.72. The third kappa shape index (κ3) is 7.51. The summed E-state index contributed by atoms with van der Waals surface area (Å²) in [4.78, 5) is 11.4. The predicted octanol–water partition coefficient (Wildman–Crippen LogP) is 2.45. The summed E-state index contributed by atoms with van der Waals surface area (Å²) in [7, 11) is 0. The number of hydrogen-bond donors (Lipinski definition) is 2. The molecule has 0 aliphatic carbocycles. The summed E-state index contributed by atoms with van der Waals surface area (Å²) in [6.45, 7) is 9.28. The minimum atomic E-state index is -0.507. The molecule has 0 aromatic rings. The van der Waals surface area contributed by atoms with E-state index >= 15 is 0 Å². The van der Waals surface area contributed by atoms with Crippen molar-refractivity contribution in [1.82, 2.24) is 5.32 Å². The molecule has 0 aromatic heterocycles. The summed E-state index contributed by atoms with van der Waals surface area (Å²) >= 11 is 0. The molecule has 0 rings (SSSR count). The van der Waals surface area contributed by atoms with Crippen LogP contribution in [0, 0.1) is 0 Å². The van der Waals surface area contributed by atoms with Gasteiger partial charge in [-0.15, -0.1) is 0 Å². The molecule has 0 aliphatic heterocycles. The second-order valence-electron chi connectivity index (χ2n) is 5.14. The van der Waals surface area contributed by atoms with E-state index in [0.29, 0.717) is 6.42 Å². The van der Waals surface area contributed by atoms with Crippen LogP contribution in [-0.4, -0.2) is 28.9 Å². The van der Waals surface area contributed by atoms with E-state index in [4.69, 9.17) is 4.74 Å². The lowest BCUT2D eigenvalue weighted by Gasteiger charge is -2.24. The fourth-order valence-corrected chi connectivity index (χ4v) is 1.25. The molecule has 2 atom stereocenters. The summed E-state index contributed by atoms with van der Waals surface area (Å²) < 4.78 is 5.10. The first kappa shape index (κ1) is 15.2. The summed E-state index contributed by atoms with van der Waals surface area (Å²) in [5, 5.41) is 12.4. The molecule has 0 fully saturated rings. The number of aliphatic hydroxyl groups is 1. The number of nitrogens with one attached hydrogen (secondary N) is 1. The first-order chi connectivity index (χ1) is 7.26. The van der Waals surface area contributed by atoms with Crippen LogP contribution in [0.25, 0.3) is 0 Å². The highest BCUT2D eigenvalue weighted by Gasteiger charge is 2.20. The van der Waals surface area contributed by atoms with Crippen LogP contribution < -0.4 is 5.32 Å². The lowest BCUT2D eigenvalue weighted by molar-refractivity contribution is 0.0427. The number of alkyl carbamates (subject to hydrolysis) is 1. The molecule has 0 spiro atoms. The minimum absolute atomic E-state index is 0.276. The van der Waals surface area contributed by atoms with Crippen molar-refractivity contribution < 1.29 is 14.6 Å². The van der Waals surface area contributed by atoms with E-state index < -0.39 is 17.8 Å². The van der Waals surface area contributed by atoms with Crippen molar-refractivity contribution in [1.29, 1.82) is 0 Å². The fraction of sp³-hybridized carbons (Fsp3) is 0.917. The van der Waals surface area contributed by atoms with Gasteiger partial charge in [-0.3, -0.25) is 0 Å². The van der Waals surface area contributed by atoms with Crippen LogP contribution in [0.5, 0.6) is 0 Å². The number of carbonyl (C=O) groups excluding carboxylic acids is 1. The molecule has 0 aliphatic rings. The molecule has 4 heteroatoms. The van der Waals surface area contributed by atoms with E-state index in [0.717, 1.165) is 12.8 Å². The van der Waals surface area contributed by atoms with Crippen LogP contribution >= 0.6 is 0 Å². The number of ether oxygens (including phenoxy) is 1. The lowest BCUT2D eigenvalue weighted by atomic mass is 10.1. The van der Waals surface area contributed by atoms with Gasteiger partial charge < -0.3 is 15.2 Å². The monoisotopic (exact) mass is 231 g/mol. The Morgan fingerprint density at radius 1 is 1.44 bits per heavy atom. The topological polar surface area (TPSA) is 58.6 Å². The smallest absolute Gasteiger partial charge is 0.407 e. The molecule has 0 saturated carbocycles. The second-order valence-corrected chi connectivity index (χ2v) is 5.14. The van der Waals surface area contributed by atoms with Gasteiger partial charge in [0, 0.05) is 0 Å². The number of carbonyl (C=O) groups is 1. The first-order valence-corrected chi connectivity index (χ1v) is 5.94. The van der Waals surface area contributed by atoms with Crippen LogP contribution in [-0.2, 0) is 4.74 Å². The van der Waals surface area contributed by atoms with Gasteiger partial charge in [-0.05, 0) is 34.1 Å². The van der Waals surface area contributed by atoms with Gasteiger partial charge in [0.05, 0.1) is 12.1 Å². The molecule has 0 radical (unpaired) electrons. The summed E-state index contributed by atoms with van der Waals surface area (Å²) in [6, 6.07) is -0.276. The standard InChI is InChI=1S/C12H25NO3/c1-6-7-8-10(14)9(2)13-11(15)16-12(3,4)5/h9-10,14H,6-8H2,1-5H3,(H,13,15). The van der Waals surface area contributed by atoms with Crippen LogP contribution in [0.4, 0.5) is 4.79 Å². The Kier molecular flexibility index (Phi) is 6.41. The molecular formula is C12H25NO3. The third-order valence-corrected chi connectivity index (χ3v) is 2.18. The highest BCUT2D eigenvalue weighted by molar-refractivity contribution is 5.68. The molecule has 2 unspecified atom stereocenters. The molecular weight excluding hydrogens is 206 g/mol. The van der Waals surface area contributed by atoms with E-state index in [1.165, 1.54) is 0 Å². The van der Waals surface area contributed by atoms with E-state index in [1.54, 1.807) is 6.92 Å². The molecule has 0 heterocycles. The van der Waals surface area contributed by atoms with Crippen molar-refractivity contribution in [2.24, 2.45) is 0 Å². The van der Waals surface area contributed by atoms with Crippen molar-refractivity contribution in [2.45, 2.75) is 71.6 Å². The molecule has 0 aromatic carbocycles. The van der Waals surface area contributed by atoms with Gasteiger partial charge in [0.15, 0.2) is 0 Å². The van der Waals surface area contributed by atoms with Crippen LogP contribution in [0.15, 0.2) is 0 Å². The molecule has 0 saturated heterocycles. The van der Waals surface area contributed by atoms with Crippen molar-refractivity contribution in [2.75, 3.05) is 0 Å². The van der Waals surface area contributed by atoms with Gasteiger partial charge in [-0.1, -0.05) is 19.8 Å². The molecule has 1 amide bonds. The first-order valence-electron chi connectivity index (χ1n) is 5.94. The normalized spacial score (nSPS) is 15.4. The number of aliphatic hydroxyl groups excluding tert-OH is 1. The lowest BCUT2D eigenvalue weighted by Crippen LogP contribution is -2.43. The number of rotatable bonds is 5. The second kappa shape index (κ2) is 6.74. The Bertz CT molecular complexity index is 211. The Morgan fingerprint density at radius 2 is 2.00 bits per heavy atom. The highest BCUT2D eigenvalue weighted by Crippen LogP contribution is 2.08. The number of unbranched alkanes of at least 4 members (excludes halogenated alkanes) is 1.